The van der Waals surface area contributed by atoms with Crippen molar-refractivity contribution in [1.82, 2.24) is 4.90 Å². The zero-order chi connectivity index (χ0) is 13.2. The van der Waals surface area contributed by atoms with Gasteiger partial charge in [0, 0.05) is 6.42 Å². The van der Waals surface area contributed by atoms with Crippen LogP contribution in [0.1, 0.15) is 58.3 Å². The lowest BCUT2D eigenvalue weighted by molar-refractivity contribution is -0.143. The fourth-order valence-corrected chi connectivity index (χ4v) is 3.31. The molecule has 2 fully saturated rings. The van der Waals surface area contributed by atoms with E-state index in [0.717, 1.165) is 25.7 Å². The van der Waals surface area contributed by atoms with Crippen LogP contribution in [0.25, 0.3) is 0 Å². The van der Waals surface area contributed by atoms with E-state index < -0.39 is 5.41 Å². The van der Waals surface area contributed by atoms with Crippen molar-refractivity contribution < 1.29 is 9.59 Å². The molecule has 98 valence electrons. The fraction of sp³-hybridized carbons (Fsp3) is 0.733. The van der Waals surface area contributed by atoms with E-state index in [2.05, 4.69) is 5.92 Å². The molecule has 2 amide bonds. The first-order chi connectivity index (χ1) is 8.64. The third-order valence-electron chi connectivity index (χ3n) is 4.38. The van der Waals surface area contributed by atoms with Crippen LogP contribution in [0.4, 0.5) is 0 Å². The van der Waals surface area contributed by atoms with Gasteiger partial charge in [0.15, 0.2) is 0 Å². The molecule has 1 atom stereocenters. The van der Waals surface area contributed by atoms with Gasteiger partial charge in [0.05, 0.1) is 5.41 Å². The summed E-state index contributed by atoms with van der Waals surface area (Å²) in [7, 11) is 0. The molecular formula is C15H21NO2. The molecule has 1 unspecified atom stereocenters. The Morgan fingerprint density at radius 2 is 1.89 bits per heavy atom. The van der Waals surface area contributed by atoms with Gasteiger partial charge in [0.25, 0.3) is 0 Å². The van der Waals surface area contributed by atoms with Gasteiger partial charge in [-0.25, -0.2) is 0 Å². The third kappa shape index (κ3) is 2.05. The minimum absolute atomic E-state index is 0.000741. The van der Waals surface area contributed by atoms with Crippen molar-refractivity contribution in [3.63, 3.8) is 0 Å². The van der Waals surface area contributed by atoms with Crippen LogP contribution < -0.4 is 0 Å². The van der Waals surface area contributed by atoms with Gasteiger partial charge in [-0.3, -0.25) is 14.5 Å². The Morgan fingerprint density at radius 3 is 2.39 bits per heavy atom. The molecule has 0 radical (unpaired) electrons. The molecule has 2 rings (SSSR count). The highest BCUT2D eigenvalue weighted by Crippen LogP contribution is 2.45. The molecule has 1 saturated heterocycles. The lowest BCUT2D eigenvalue weighted by Crippen LogP contribution is -2.41. The predicted molar refractivity (Wildman–Crippen MR) is 69.5 cm³/mol. The maximum atomic E-state index is 12.6. The maximum Gasteiger partial charge on any atom is 0.236 e. The van der Waals surface area contributed by atoms with Crippen LogP contribution in [-0.4, -0.2) is 22.8 Å². The molecule has 0 aromatic rings. The Labute approximate surface area is 109 Å². The van der Waals surface area contributed by atoms with Crippen molar-refractivity contribution in [1.29, 1.82) is 0 Å². The van der Waals surface area contributed by atoms with Gasteiger partial charge in [-0.2, -0.15) is 0 Å². The van der Waals surface area contributed by atoms with Gasteiger partial charge in [-0.15, -0.1) is 6.42 Å². The number of rotatable bonds is 2. The summed E-state index contributed by atoms with van der Waals surface area (Å²) in [6, 6.07) is -0.354. The number of imide groups is 1. The first-order valence-corrected chi connectivity index (χ1v) is 6.97. The van der Waals surface area contributed by atoms with E-state index in [1.165, 1.54) is 17.7 Å². The molecule has 0 bridgehead atoms. The molecule has 18 heavy (non-hydrogen) atoms. The number of likely N-dealkylation sites (tertiary alicyclic amines) is 1. The third-order valence-corrected chi connectivity index (χ3v) is 4.38. The van der Waals surface area contributed by atoms with Gasteiger partial charge in [0.1, 0.15) is 6.04 Å². The Bertz CT molecular complexity index is 386. The maximum absolute atomic E-state index is 12.6. The SMILES string of the molecule is C#CC(CC)N1C(=O)CC2(CCCCCC2)C1=O. The molecule has 1 aliphatic carbocycles. The zero-order valence-electron chi connectivity index (χ0n) is 11.1. The van der Waals surface area contributed by atoms with Crippen LogP contribution in [0.15, 0.2) is 0 Å². The summed E-state index contributed by atoms with van der Waals surface area (Å²) >= 11 is 0. The Kier molecular flexibility index (Phi) is 3.75. The highest BCUT2D eigenvalue weighted by atomic mass is 16.2. The normalized spacial score (nSPS) is 25.0. The Balaban J connectivity index is 2.25. The molecule has 3 heteroatoms. The van der Waals surface area contributed by atoms with E-state index >= 15 is 0 Å². The van der Waals surface area contributed by atoms with Gasteiger partial charge < -0.3 is 0 Å². The number of amides is 2. The second kappa shape index (κ2) is 5.14. The summed E-state index contributed by atoms with van der Waals surface area (Å²) < 4.78 is 0. The van der Waals surface area contributed by atoms with E-state index in [0.29, 0.717) is 12.8 Å². The van der Waals surface area contributed by atoms with Crippen molar-refractivity contribution in [3.05, 3.63) is 0 Å². The second-order valence-corrected chi connectivity index (χ2v) is 5.53. The van der Waals surface area contributed by atoms with E-state index in [1.54, 1.807) is 0 Å². The van der Waals surface area contributed by atoms with E-state index in [-0.39, 0.29) is 17.9 Å². The van der Waals surface area contributed by atoms with Crippen LogP contribution in [0.5, 0.6) is 0 Å². The minimum atomic E-state index is -0.419. The summed E-state index contributed by atoms with van der Waals surface area (Å²) in [5.41, 5.74) is -0.419. The van der Waals surface area contributed by atoms with E-state index in [4.69, 9.17) is 6.42 Å². The fourth-order valence-electron chi connectivity index (χ4n) is 3.31. The van der Waals surface area contributed by atoms with Crippen LogP contribution in [0.3, 0.4) is 0 Å². The largest absolute Gasteiger partial charge is 0.274 e. The first kappa shape index (κ1) is 13.1. The van der Waals surface area contributed by atoms with Crippen molar-refractivity contribution in [3.8, 4) is 12.3 Å². The van der Waals surface area contributed by atoms with Crippen LogP contribution in [0.2, 0.25) is 0 Å². The van der Waals surface area contributed by atoms with Crippen LogP contribution in [-0.2, 0) is 9.59 Å². The molecule has 0 N–H and O–H groups in total. The predicted octanol–water partition coefficient (Wildman–Crippen LogP) is 2.50. The lowest BCUT2D eigenvalue weighted by Gasteiger charge is -2.27. The van der Waals surface area contributed by atoms with Gasteiger partial charge in [-0.05, 0) is 19.3 Å². The number of carbonyl (C=O) groups excluding carboxylic acids is 2. The smallest absolute Gasteiger partial charge is 0.236 e. The molecular weight excluding hydrogens is 226 g/mol. The quantitative estimate of drug-likeness (QED) is 0.555. The van der Waals surface area contributed by atoms with E-state index in [9.17, 15) is 9.59 Å². The summed E-state index contributed by atoms with van der Waals surface area (Å²) in [5, 5.41) is 0. The second-order valence-electron chi connectivity index (χ2n) is 5.53. The molecule has 3 nitrogen and oxygen atoms in total. The van der Waals surface area contributed by atoms with Crippen molar-refractivity contribution in [2.24, 2.45) is 5.41 Å². The number of hydrogen-bond donors (Lipinski definition) is 0. The molecule has 1 heterocycles. The molecule has 1 spiro atoms. The highest BCUT2D eigenvalue weighted by Gasteiger charge is 2.52. The highest BCUT2D eigenvalue weighted by molar-refractivity contribution is 6.06. The number of nitrogens with zero attached hydrogens (tertiary/aromatic N) is 1. The molecule has 0 aromatic carbocycles. The first-order valence-electron chi connectivity index (χ1n) is 6.97. The van der Waals surface area contributed by atoms with Gasteiger partial charge in [0.2, 0.25) is 11.8 Å². The average Bonchev–Trinajstić information content (AvgIpc) is 2.56. The van der Waals surface area contributed by atoms with Crippen molar-refractivity contribution >= 4 is 11.8 Å². The molecule has 2 aliphatic rings. The molecule has 1 saturated carbocycles. The Morgan fingerprint density at radius 1 is 1.28 bits per heavy atom. The van der Waals surface area contributed by atoms with Gasteiger partial charge >= 0.3 is 0 Å². The summed E-state index contributed by atoms with van der Waals surface area (Å²) in [4.78, 5) is 26.1. The van der Waals surface area contributed by atoms with E-state index in [1.807, 2.05) is 6.92 Å². The summed E-state index contributed by atoms with van der Waals surface area (Å²) in [6.45, 7) is 1.92. The number of terminal acetylenes is 1. The number of hydrogen-bond acceptors (Lipinski definition) is 2. The number of carbonyl (C=O) groups is 2. The summed E-state index contributed by atoms with van der Waals surface area (Å²) in [6.07, 6.45) is 12.6. The summed E-state index contributed by atoms with van der Waals surface area (Å²) in [5.74, 6) is 2.51. The van der Waals surface area contributed by atoms with Gasteiger partial charge in [-0.1, -0.05) is 38.5 Å². The topological polar surface area (TPSA) is 37.4 Å². The van der Waals surface area contributed by atoms with Crippen LogP contribution in [0, 0.1) is 17.8 Å². The molecule has 1 aliphatic heterocycles. The Hall–Kier alpha value is -1.30. The van der Waals surface area contributed by atoms with Crippen LogP contribution >= 0.6 is 0 Å². The van der Waals surface area contributed by atoms with Crippen molar-refractivity contribution in [2.45, 2.75) is 64.3 Å². The average molecular weight is 247 g/mol. The minimum Gasteiger partial charge on any atom is -0.274 e. The van der Waals surface area contributed by atoms with Crippen molar-refractivity contribution in [2.75, 3.05) is 0 Å². The monoisotopic (exact) mass is 247 g/mol. The zero-order valence-corrected chi connectivity index (χ0v) is 11.1. The lowest BCUT2D eigenvalue weighted by atomic mass is 9.79. The standard InChI is InChI=1S/C15H21NO2/c1-3-12(4-2)16-13(17)11-15(14(16)18)9-7-5-6-8-10-15/h1,12H,4-11H2,2H3. The molecule has 0 aromatic heterocycles.